The number of oxime groups is 1. The molecule has 0 aliphatic heterocycles. The highest BCUT2D eigenvalue weighted by molar-refractivity contribution is 6.07. The van der Waals surface area contributed by atoms with Crippen molar-refractivity contribution < 1.29 is 10.0 Å². The quantitative estimate of drug-likeness (QED) is 0.321. The lowest BCUT2D eigenvalue weighted by molar-refractivity contribution is -0.128. The molecule has 114 valence electrons. The van der Waals surface area contributed by atoms with E-state index in [2.05, 4.69) is 24.3 Å². The van der Waals surface area contributed by atoms with E-state index in [9.17, 15) is 4.79 Å². The summed E-state index contributed by atoms with van der Waals surface area (Å²) < 4.78 is 0. The van der Waals surface area contributed by atoms with Gasteiger partial charge in [0.15, 0.2) is 5.84 Å². The Kier molecular flexibility index (Phi) is 4.25. The summed E-state index contributed by atoms with van der Waals surface area (Å²) in [7, 11) is 0. The number of rotatable bonds is 3. The molecule has 0 radical (unpaired) electrons. The number of hydrogen-bond donors (Lipinski definition) is 3. The molecule has 0 aromatic heterocycles. The minimum Gasteiger partial charge on any atom is -0.409 e. The van der Waals surface area contributed by atoms with Crippen molar-refractivity contribution in [2.75, 3.05) is 0 Å². The summed E-state index contributed by atoms with van der Waals surface area (Å²) in [6.07, 6.45) is 7.68. The van der Waals surface area contributed by atoms with E-state index in [0.29, 0.717) is 12.8 Å². The molecule has 20 heavy (non-hydrogen) atoms. The van der Waals surface area contributed by atoms with Gasteiger partial charge in [-0.05, 0) is 37.5 Å². The number of carbonyl (C=O) groups is 1. The van der Waals surface area contributed by atoms with Crippen LogP contribution in [0.25, 0.3) is 0 Å². The summed E-state index contributed by atoms with van der Waals surface area (Å²) in [5.41, 5.74) is 5.32. The van der Waals surface area contributed by atoms with Crippen LogP contribution in [0.4, 0.5) is 0 Å². The molecular formula is C15H27N3O2. The molecule has 1 atom stereocenters. The maximum absolute atomic E-state index is 12.7. The fraction of sp³-hybridized carbons (Fsp3) is 0.867. The van der Waals surface area contributed by atoms with Crippen LogP contribution in [0, 0.1) is 10.8 Å². The lowest BCUT2D eigenvalue weighted by Crippen LogP contribution is -2.52. The molecule has 1 unspecified atom stereocenters. The van der Waals surface area contributed by atoms with E-state index in [1.807, 2.05) is 0 Å². The summed E-state index contributed by atoms with van der Waals surface area (Å²) in [6.45, 7) is 4.50. The first-order valence-electron chi connectivity index (χ1n) is 7.69. The molecule has 2 rings (SSSR count). The highest BCUT2D eigenvalue weighted by Gasteiger charge is 2.46. The Balaban J connectivity index is 2.06. The predicted octanol–water partition coefficient (Wildman–Crippen LogP) is 2.38. The van der Waals surface area contributed by atoms with E-state index in [4.69, 9.17) is 10.9 Å². The number of nitrogens with two attached hydrogens (primary N) is 1. The smallest absolute Gasteiger partial charge is 0.234 e. The third kappa shape index (κ3) is 2.91. The molecule has 5 heteroatoms. The second kappa shape index (κ2) is 5.62. The van der Waals surface area contributed by atoms with Crippen molar-refractivity contribution in [1.82, 2.24) is 5.32 Å². The second-order valence-corrected chi connectivity index (χ2v) is 7.21. The maximum atomic E-state index is 12.7. The van der Waals surface area contributed by atoms with Crippen LogP contribution >= 0.6 is 0 Å². The van der Waals surface area contributed by atoms with Crippen LogP contribution < -0.4 is 11.1 Å². The van der Waals surface area contributed by atoms with Gasteiger partial charge in [0.05, 0.1) is 0 Å². The maximum Gasteiger partial charge on any atom is 0.234 e. The summed E-state index contributed by atoms with van der Waals surface area (Å²) in [4.78, 5) is 12.7. The van der Waals surface area contributed by atoms with E-state index in [0.717, 1.165) is 32.1 Å². The summed E-state index contributed by atoms with van der Waals surface area (Å²) >= 11 is 0. The molecule has 4 N–H and O–H groups in total. The zero-order valence-corrected chi connectivity index (χ0v) is 12.6. The molecule has 0 aromatic rings. The number of amides is 1. The van der Waals surface area contributed by atoms with E-state index in [1.165, 1.54) is 6.42 Å². The largest absolute Gasteiger partial charge is 0.409 e. The first kappa shape index (κ1) is 15.1. The summed E-state index contributed by atoms with van der Waals surface area (Å²) in [6, 6.07) is 0.218. The van der Waals surface area contributed by atoms with E-state index in [1.54, 1.807) is 0 Å². The fourth-order valence-electron chi connectivity index (χ4n) is 3.82. The molecule has 1 amide bonds. The SMILES string of the molecule is CC1(C)CCCC(NC(=O)C2(C(N)=NO)CCCC2)C1. The highest BCUT2D eigenvalue weighted by atomic mass is 16.4. The summed E-state index contributed by atoms with van der Waals surface area (Å²) in [5.74, 6) is 0.0237. The fourth-order valence-corrected chi connectivity index (χ4v) is 3.82. The number of carbonyl (C=O) groups excluding carboxylic acids is 1. The van der Waals surface area contributed by atoms with E-state index >= 15 is 0 Å². The van der Waals surface area contributed by atoms with Gasteiger partial charge in [-0.25, -0.2) is 0 Å². The van der Waals surface area contributed by atoms with Crippen LogP contribution in [0.5, 0.6) is 0 Å². The molecule has 0 spiro atoms. The zero-order chi connectivity index (χ0) is 14.8. The lowest BCUT2D eigenvalue weighted by atomic mass is 9.74. The molecule has 2 fully saturated rings. The third-order valence-corrected chi connectivity index (χ3v) is 5.03. The monoisotopic (exact) mass is 281 g/mol. The number of hydrogen-bond acceptors (Lipinski definition) is 3. The van der Waals surface area contributed by atoms with Gasteiger partial charge in [-0.2, -0.15) is 0 Å². The van der Waals surface area contributed by atoms with Crippen LogP contribution in [0.2, 0.25) is 0 Å². The lowest BCUT2D eigenvalue weighted by Gasteiger charge is -2.37. The molecule has 0 heterocycles. The van der Waals surface area contributed by atoms with Crippen LogP contribution in [-0.2, 0) is 4.79 Å². The van der Waals surface area contributed by atoms with Crippen LogP contribution in [0.1, 0.15) is 65.2 Å². The topological polar surface area (TPSA) is 87.7 Å². The van der Waals surface area contributed by atoms with Gasteiger partial charge in [-0.3, -0.25) is 4.79 Å². The number of amidine groups is 1. The van der Waals surface area contributed by atoms with Gasteiger partial charge in [-0.15, -0.1) is 0 Å². The van der Waals surface area contributed by atoms with Crippen molar-refractivity contribution in [3.63, 3.8) is 0 Å². The Morgan fingerprint density at radius 1 is 1.25 bits per heavy atom. The van der Waals surface area contributed by atoms with Crippen molar-refractivity contribution in [2.45, 2.75) is 71.3 Å². The molecule has 2 aliphatic rings. The Hall–Kier alpha value is -1.26. The zero-order valence-electron chi connectivity index (χ0n) is 12.6. The van der Waals surface area contributed by atoms with Gasteiger partial charge in [0.2, 0.25) is 5.91 Å². The van der Waals surface area contributed by atoms with Gasteiger partial charge in [0, 0.05) is 6.04 Å². The molecule has 5 nitrogen and oxygen atoms in total. The van der Waals surface area contributed by atoms with Crippen molar-refractivity contribution in [3.8, 4) is 0 Å². The predicted molar refractivity (Wildman–Crippen MR) is 78.5 cm³/mol. The first-order chi connectivity index (χ1) is 9.39. The van der Waals surface area contributed by atoms with Gasteiger partial charge < -0.3 is 16.3 Å². The van der Waals surface area contributed by atoms with Gasteiger partial charge in [0.1, 0.15) is 5.41 Å². The first-order valence-corrected chi connectivity index (χ1v) is 7.69. The van der Waals surface area contributed by atoms with Gasteiger partial charge in [-0.1, -0.05) is 38.3 Å². The molecule has 2 saturated carbocycles. The van der Waals surface area contributed by atoms with Gasteiger partial charge >= 0.3 is 0 Å². The Bertz CT molecular complexity index is 398. The molecule has 0 saturated heterocycles. The Labute approximate surface area is 121 Å². The van der Waals surface area contributed by atoms with Crippen molar-refractivity contribution >= 4 is 11.7 Å². The number of nitrogens with zero attached hydrogens (tertiary/aromatic N) is 1. The molecule has 0 aromatic carbocycles. The Morgan fingerprint density at radius 3 is 2.45 bits per heavy atom. The van der Waals surface area contributed by atoms with Crippen molar-refractivity contribution in [2.24, 2.45) is 21.7 Å². The molecular weight excluding hydrogens is 254 g/mol. The van der Waals surface area contributed by atoms with Crippen LogP contribution in [0.3, 0.4) is 0 Å². The third-order valence-electron chi connectivity index (χ3n) is 5.03. The average molecular weight is 281 g/mol. The van der Waals surface area contributed by atoms with Crippen LogP contribution in [-0.4, -0.2) is 23.0 Å². The number of nitrogens with one attached hydrogen (secondary N) is 1. The van der Waals surface area contributed by atoms with Gasteiger partial charge in [0.25, 0.3) is 0 Å². The second-order valence-electron chi connectivity index (χ2n) is 7.21. The molecule has 0 bridgehead atoms. The minimum atomic E-state index is -0.781. The average Bonchev–Trinajstić information content (AvgIpc) is 2.87. The van der Waals surface area contributed by atoms with E-state index < -0.39 is 5.41 Å². The van der Waals surface area contributed by atoms with Crippen LogP contribution in [0.15, 0.2) is 5.16 Å². The van der Waals surface area contributed by atoms with E-state index in [-0.39, 0.29) is 23.2 Å². The normalized spacial score (nSPS) is 29.1. The standard InChI is InChI=1S/C15H27N3O2/c1-14(2)7-5-6-11(10-14)17-13(19)15(12(16)18-20)8-3-4-9-15/h11,20H,3-10H2,1-2H3,(H2,16,18)(H,17,19). The molecule has 2 aliphatic carbocycles. The Morgan fingerprint density at radius 2 is 1.90 bits per heavy atom. The highest BCUT2D eigenvalue weighted by Crippen LogP contribution is 2.40. The summed E-state index contributed by atoms with van der Waals surface area (Å²) in [5, 5.41) is 15.3. The van der Waals surface area contributed by atoms with Crippen molar-refractivity contribution in [1.29, 1.82) is 0 Å². The van der Waals surface area contributed by atoms with Crippen molar-refractivity contribution in [3.05, 3.63) is 0 Å². The minimum absolute atomic E-state index is 0.0481.